The standard InChI is InChI=1S/C16H18N2O2S/c1-12(19)8-9-21-16(20)15-10-17-11-18(15)13(2)14-6-4-3-5-7-14/h3-7,10-11,13H,8-9H2,1-2H3/t13-/m1/s1. The van der Waals surface area contributed by atoms with Crippen molar-refractivity contribution in [3.63, 3.8) is 0 Å². The number of imidazole rings is 1. The summed E-state index contributed by atoms with van der Waals surface area (Å²) in [5, 5.41) is -0.0449. The van der Waals surface area contributed by atoms with Gasteiger partial charge in [-0.25, -0.2) is 4.98 Å². The number of benzene rings is 1. The minimum Gasteiger partial charge on any atom is -0.320 e. The molecule has 0 saturated heterocycles. The molecule has 0 fully saturated rings. The highest BCUT2D eigenvalue weighted by Crippen LogP contribution is 2.22. The van der Waals surface area contributed by atoms with E-state index in [1.54, 1.807) is 12.5 Å². The Morgan fingerprint density at radius 3 is 2.67 bits per heavy atom. The molecule has 0 aliphatic rings. The van der Waals surface area contributed by atoms with Crippen LogP contribution >= 0.6 is 11.8 Å². The molecule has 0 aliphatic heterocycles. The molecule has 21 heavy (non-hydrogen) atoms. The van der Waals surface area contributed by atoms with Gasteiger partial charge in [0.1, 0.15) is 11.5 Å². The van der Waals surface area contributed by atoms with Gasteiger partial charge in [0.05, 0.1) is 18.6 Å². The molecule has 4 nitrogen and oxygen atoms in total. The van der Waals surface area contributed by atoms with E-state index in [1.807, 2.05) is 41.8 Å². The average molecular weight is 302 g/mol. The number of carbonyl (C=O) groups excluding carboxylic acids is 2. The van der Waals surface area contributed by atoms with Crippen LogP contribution in [0.15, 0.2) is 42.9 Å². The van der Waals surface area contributed by atoms with Gasteiger partial charge in [0.25, 0.3) is 0 Å². The fourth-order valence-electron chi connectivity index (χ4n) is 2.02. The lowest BCUT2D eigenvalue weighted by atomic mass is 10.1. The Morgan fingerprint density at radius 1 is 1.29 bits per heavy atom. The van der Waals surface area contributed by atoms with E-state index in [0.29, 0.717) is 17.9 Å². The van der Waals surface area contributed by atoms with Gasteiger partial charge >= 0.3 is 0 Å². The smallest absolute Gasteiger partial charge is 0.237 e. The molecule has 2 rings (SSSR count). The van der Waals surface area contributed by atoms with Gasteiger partial charge in [0, 0.05) is 12.2 Å². The summed E-state index contributed by atoms with van der Waals surface area (Å²) < 4.78 is 1.87. The lowest BCUT2D eigenvalue weighted by molar-refractivity contribution is -0.116. The number of carbonyl (C=O) groups is 2. The van der Waals surface area contributed by atoms with Crippen molar-refractivity contribution < 1.29 is 9.59 Å². The molecule has 1 aromatic heterocycles. The summed E-state index contributed by atoms with van der Waals surface area (Å²) >= 11 is 1.17. The van der Waals surface area contributed by atoms with Crippen molar-refractivity contribution >= 4 is 22.7 Å². The Kier molecular flexibility index (Phi) is 5.33. The minimum atomic E-state index is -0.0449. The molecule has 0 unspecified atom stereocenters. The first-order valence-corrected chi connectivity index (χ1v) is 7.81. The lowest BCUT2D eigenvalue weighted by Gasteiger charge is -2.16. The molecule has 0 radical (unpaired) electrons. The molecule has 1 atom stereocenters. The zero-order valence-electron chi connectivity index (χ0n) is 12.2. The van der Waals surface area contributed by atoms with Gasteiger partial charge in [0.2, 0.25) is 5.12 Å². The third kappa shape index (κ3) is 4.04. The van der Waals surface area contributed by atoms with Gasteiger partial charge in [-0.3, -0.25) is 9.59 Å². The van der Waals surface area contributed by atoms with Crippen molar-refractivity contribution in [2.75, 3.05) is 5.75 Å². The molecular weight excluding hydrogens is 284 g/mol. The monoisotopic (exact) mass is 302 g/mol. The third-order valence-electron chi connectivity index (χ3n) is 3.26. The van der Waals surface area contributed by atoms with Crippen LogP contribution in [0.2, 0.25) is 0 Å². The number of hydrogen-bond donors (Lipinski definition) is 0. The van der Waals surface area contributed by atoms with Crippen LogP contribution in [-0.2, 0) is 4.79 Å². The van der Waals surface area contributed by atoms with Crippen molar-refractivity contribution in [2.24, 2.45) is 0 Å². The second kappa shape index (κ2) is 7.22. The van der Waals surface area contributed by atoms with E-state index in [9.17, 15) is 9.59 Å². The SMILES string of the molecule is CC(=O)CCSC(=O)c1cncn1[C@H](C)c1ccccc1. The van der Waals surface area contributed by atoms with Crippen molar-refractivity contribution in [2.45, 2.75) is 26.3 Å². The van der Waals surface area contributed by atoms with Crippen LogP contribution in [-0.4, -0.2) is 26.2 Å². The van der Waals surface area contributed by atoms with E-state index in [2.05, 4.69) is 4.98 Å². The van der Waals surface area contributed by atoms with E-state index < -0.39 is 0 Å². The highest BCUT2D eigenvalue weighted by molar-refractivity contribution is 8.14. The van der Waals surface area contributed by atoms with Gasteiger partial charge in [-0.15, -0.1) is 0 Å². The topological polar surface area (TPSA) is 52.0 Å². The highest BCUT2D eigenvalue weighted by atomic mass is 32.2. The zero-order valence-corrected chi connectivity index (χ0v) is 13.0. The molecule has 0 amide bonds. The Hall–Kier alpha value is -1.88. The van der Waals surface area contributed by atoms with Crippen LogP contribution in [0.25, 0.3) is 0 Å². The molecule has 1 aromatic carbocycles. The van der Waals surface area contributed by atoms with Gasteiger partial charge in [0.15, 0.2) is 0 Å². The highest BCUT2D eigenvalue weighted by Gasteiger charge is 2.17. The van der Waals surface area contributed by atoms with Crippen molar-refractivity contribution in [1.29, 1.82) is 0 Å². The van der Waals surface area contributed by atoms with Crippen LogP contribution < -0.4 is 0 Å². The largest absolute Gasteiger partial charge is 0.320 e. The number of thioether (sulfide) groups is 1. The summed E-state index contributed by atoms with van der Waals surface area (Å²) in [7, 11) is 0. The van der Waals surface area contributed by atoms with Crippen LogP contribution in [0.1, 0.15) is 42.4 Å². The van der Waals surface area contributed by atoms with E-state index in [-0.39, 0.29) is 16.9 Å². The van der Waals surface area contributed by atoms with E-state index in [0.717, 1.165) is 5.56 Å². The maximum absolute atomic E-state index is 12.2. The first kappa shape index (κ1) is 15.5. The molecule has 0 aliphatic carbocycles. The van der Waals surface area contributed by atoms with Gasteiger partial charge in [-0.1, -0.05) is 42.1 Å². The van der Waals surface area contributed by atoms with E-state index in [4.69, 9.17) is 0 Å². The van der Waals surface area contributed by atoms with Gasteiger partial charge in [-0.2, -0.15) is 0 Å². The summed E-state index contributed by atoms with van der Waals surface area (Å²) in [5.74, 6) is 0.612. The zero-order chi connectivity index (χ0) is 15.2. The van der Waals surface area contributed by atoms with Crippen LogP contribution in [0.5, 0.6) is 0 Å². The number of rotatable bonds is 6. The Balaban J connectivity index is 2.11. The first-order chi connectivity index (χ1) is 10.1. The van der Waals surface area contributed by atoms with E-state index >= 15 is 0 Å². The number of Topliss-reactive ketones (excluding diaryl/α,β-unsaturated/α-hetero) is 1. The van der Waals surface area contributed by atoms with Crippen LogP contribution in [0.4, 0.5) is 0 Å². The summed E-state index contributed by atoms with van der Waals surface area (Å²) in [6, 6.07) is 10.0. The molecular formula is C16H18N2O2S. The number of ketones is 1. The lowest BCUT2D eigenvalue weighted by Crippen LogP contribution is -2.12. The quantitative estimate of drug-likeness (QED) is 0.821. The Bertz CT molecular complexity index is 622. The Morgan fingerprint density at radius 2 is 2.00 bits per heavy atom. The maximum atomic E-state index is 12.2. The van der Waals surface area contributed by atoms with Crippen molar-refractivity contribution in [3.05, 3.63) is 54.1 Å². The number of nitrogens with zero attached hydrogens (tertiary/aromatic N) is 2. The molecule has 0 N–H and O–H groups in total. The Labute approximate surface area is 128 Å². The number of aromatic nitrogens is 2. The second-order valence-electron chi connectivity index (χ2n) is 4.86. The number of hydrogen-bond acceptors (Lipinski definition) is 4. The molecule has 0 spiro atoms. The van der Waals surface area contributed by atoms with Gasteiger partial charge < -0.3 is 4.57 Å². The molecule has 2 aromatic rings. The molecule has 0 saturated carbocycles. The summed E-state index contributed by atoms with van der Waals surface area (Å²) in [6.45, 7) is 3.57. The fraction of sp³-hybridized carbons (Fsp3) is 0.312. The normalized spacial score (nSPS) is 12.1. The van der Waals surface area contributed by atoms with Crippen LogP contribution in [0.3, 0.4) is 0 Å². The molecule has 5 heteroatoms. The summed E-state index contributed by atoms with van der Waals surface area (Å²) in [6.07, 6.45) is 3.68. The maximum Gasteiger partial charge on any atom is 0.237 e. The van der Waals surface area contributed by atoms with Crippen LogP contribution in [0, 0.1) is 0 Å². The molecule has 110 valence electrons. The average Bonchev–Trinajstić information content (AvgIpc) is 2.96. The molecule has 1 heterocycles. The van der Waals surface area contributed by atoms with Crippen molar-refractivity contribution in [3.8, 4) is 0 Å². The molecule has 0 bridgehead atoms. The van der Waals surface area contributed by atoms with Gasteiger partial charge in [-0.05, 0) is 19.4 Å². The van der Waals surface area contributed by atoms with E-state index in [1.165, 1.54) is 18.7 Å². The third-order valence-corrected chi connectivity index (χ3v) is 4.14. The first-order valence-electron chi connectivity index (χ1n) is 6.83. The predicted molar refractivity (Wildman–Crippen MR) is 84.6 cm³/mol. The second-order valence-corrected chi connectivity index (χ2v) is 5.93. The summed E-state index contributed by atoms with van der Waals surface area (Å²) in [4.78, 5) is 27.3. The minimum absolute atomic E-state index is 0.0426. The van der Waals surface area contributed by atoms with Crippen molar-refractivity contribution in [1.82, 2.24) is 9.55 Å². The predicted octanol–water partition coefficient (Wildman–Crippen LogP) is 3.34. The summed E-state index contributed by atoms with van der Waals surface area (Å²) in [5.41, 5.74) is 1.69. The fourth-order valence-corrected chi connectivity index (χ4v) is 2.91.